The maximum absolute atomic E-state index is 15.7. The standard InChI is InChI=1S/C34H37ClF3N3O8S/c1-32(2,3)19-8-12-27(48-7)24(14-19)33(41(5)18-21(42)16-26(41)30(43)39-4)23-15-20(35)9-11-25(23)40(31(33)44)50(45,46)29-13-10-22(47-6)17-28(29)49-34(36,37)38/h8-15,17,21,26,42H,16,18H2,1-7H3/p+1/t21-,26+,33?,41?/m1/s1. The second-order valence-corrected chi connectivity index (χ2v) is 15.6. The summed E-state index contributed by atoms with van der Waals surface area (Å²) in [6, 6.07) is 10.7. The van der Waals surface area contributed by atoms with Crippen molar-refractivity contribution in [2.24, 2.45) is 0 Å². The number of aliphatic hydroxyl groups is 1. The van der Waals surface area contributed by atoms with E-state index in [4.69, 9.17) is 21.1 Å². The molecule has 16 heteroatoms. The van der Waals surface area contributed by atoms with Crippen LogP contribution in [-0.2, 0) is 30.6 Å². The van der Waals surface area contributed by atoms with Gasteiger partial charge in [-0.05, 0) is 53.4 Å². The number of methoxy groups -OCH3 is 2. The highest BCUT2D eigenvalue weighted by molar-refractivity contribution is 7.93. The number of hydrogen-bond donors (Lipinski definition) is 2. The van der Waals surface area contributed by atoms with Crippen LogP contribution in [0.1, 0.15) is 43.9 Å². The van der Waals surface area contributed by atoms with Gasteiger partial charge in [0.1, 0.15) is 29.0 Å². The van der Waals surface area contributed by atoms with Gasteiger partial charge in [0.25, 0.3) is 15.9 Å². The normalized spacial score (nSPS) is 23.8. The number of amides is 2. The summed E-state index contributed by atoms with van der Waals surface area (Å²) in [6.07, 6.45) is -6.53. The summed E-state index contributed by atoms with van der Waals surface area (Å²) in [5.74, 6) is -2.80. The van der Waals surface area contributed by atoms with Gasteiger partial charge in [0.05, 0.1) is 38.1 Å². The molecule has 0 aliphatic carbocycles. The molecule has 2 N–H and O–H groups in total. The summed E-state index contributed by atoms with van der Waals surface area (Å²) in [5, 5.41) is 13.9. The molecule has 50 heavy (non-hydrogen) atoms. The number of hydrogen-bond acceptors (Lipinski definition) is 8. The first-order chi connectivity index (χ1) is 23.2. The number of anilines is 1. The third-order valence-electron chi connectivity index (χ3n) is 9.50. The van der Waals surface area contributed by atoms with Crippen molar-refractivity contribution >= 4 is 39.1 Å². The molecule has 2 aliphatic rings. The molecule has 0 bridgehead atoms. The van der Waals surface area contributed by atoms with Gasteiger partial charge in [-0.25, -0.2) is 8.42 Å². The second-order valence-electron chi connectivity index (χ2n) is 13.4. The summed E-state index contributed by atoms with van der Waals surface area (Å²) in [6.45, 7) is 5.58. The Balaban J connectivity index is 1.95. The summed E-state index contributed by atoms with van der Waals surface area (Å²) >= 11 is 6.58. The first-order valence-electron chi connectivity index (χ1n) is 15.4. The number of rotatable bonds is 8. The number of nitrogens with one attached hydrogen (secondary N) is 1. The smallest absolute Gasteiger partial charge is 0.497 e. The minimum absolute atomic E-state index is 0.0280. The molecule has 0 saturated carbocycles. The van der Waals surface area contributed by atoms with Crippen LogP contribution >= 0.6 is 11.6 Å². The average molecular weight is 741 g/mol. The van der Waals surface area contributed by atoms with Gasteiger partial charge in [-0.1, -0.05) is 38.4 Å². The van der Waals surface area contributed by atoms with Crippen LogP contribution in [0.5, 0.6) is 17.2 Å². The van der Waals surface area contributed by atoms with Crippen LogP contribution < -0.4 is 23.8 Å². The summed E-state index contributed by atoms with van der Waals surface area (Å²) in [4.78, 5) is 28.3. The molecule has 3 aromatic carbocycles. The van der Waals surface area contributed by atoms with Gasteiger partial charge in [-0.15, -0.1) is 13.2 Å². The number of benzene rings is 3. The van der Waals surface area contributed by atoms with Crippen molar-refractivity contribution in [3.8, 4) is 17.2 Å². The SMILES string of the molecule is CNC(=O)[C@@H]1C[C@@H](O)C[N+]1(C)C1(c2cc(C(C)(C)C)ccc2OC)C(=O)N(S(=O)(=O)c2ccc(OC)cc2OC(F)(F)F)c2ccc(Cl)cc21. The summed E-state index contributed by atoms with van der Waals surface area (Å²) in [5.41, 5.74) is -2.02. The minimum atomic E-state index is -5.31. The van der Waals surface area contributed by atoms with Crippen molar-refractivity contribution in [3.63, 3.8) is 0 Å². The molecule has 0 radical (unpaired) electrons. The minimum Gasteiger partial charge on any atom is -0.497 e. The Kier molecular flexibility index (Phi) is 9.39. The molecule has 270 valence electrons. The van der Waals surface area contributed by atoms with Crippen molar-refractivity contribution in [1.82, 2.24) is 5.32 Å². The van der Waals surface area contributed by atoms with Gasteiger partial charge < -0.3 is 24.6 Å². The Morgan fingerprint density at radius 2 is 1.70 bits per heavy atom. The summed E-state index contributed by atoms with van der Waals surface area (Å²) < 4.78 is 85.4. The lowest BCUT2D eigenvalue weighted by atomic mass is 9.76. The summed E-state index contributed by atoms with van der Waals surface area (Å²) in [7, 11) is 0.251. The van der Waals surface area contributed by atoms with Crippen LogP contribution in [0, 0.1) is 0 Å². The van der Waals surface area contributed by atoms with E-state index in [0.717, 1.165) is 18.2 Å². The quantitative estimate of drug-likeness (QED) is 0.314. The van der Waals surface area contributed by atoms with E-state index in [-0.39, 0.29) is 46.3 Å². The monoisotopic (exact) mass is 740 g/mol. The van der Waals surface area contributed by atoms with Crippen molar-refractivity contribution in [2.45, 2.75) is 61.5 Å². The molecule has 11 nitrogen and oxygen atoms in total. The van der Waals surface area contributed by atoms with Crippen molar-refractivity contribution in [3.05, 3.63) is 76.3 Å². The van der Waals surface area contributed by atoms with E-state index in [9.17, 15) is 31.5 Å². The highest BCUT2D eigenvalue weighted by Gasteiger charge is 2.72. The van der Waals surface area contributed by atoms with Gasteiger partial charge in [-0.2, -0.15) is 4.31 Å². The fourth-order valence-corrected chi connectivity index (χ4v) is 8.97. The lowest BCUT2D eigenvalue weighted by Gasteiger charge is -2.49. The number of alkyl halides is 3. The third kappa shape index (κ3) is 5.83. The first-order valence-corrected chi connectivity index (χ1v) is 17.3. The van der Waals surface area contributed by atoms with E-state index in [0.29, 0.717) is 9.87 Å². The molecule has 0 aromatic heterocycles. The lowest BCUT2D eigenvalue weighted by molar-refractivity contribution is -0.953. The zero-order valence-corrected chi connectivity index (χ0v) is 30.0. The number of fused-ring (bicyclic) bond motifs is 1. The van der Waals surface area contributed by atoms with Gasteiger partial charge >= 0.3 is 12.3 Å². The molecule has 5 rings (SSSR count). The number of carbonyl (C=O) groups excluding carboxylic acids is 2. The predicted octanol–water partition coefficient (Wildman–Crippen LogP) is 4.86. The number of carbonyl (C=O) groups is 2. The Morgan fingerprint density at radius 1 is 1.02 bits per heavy atom. The Hall–Kier alpha value is -4.05. The number of likely N-dealkylation sites (N-methyl/N-ethyl adjacent to an activating group) is 2. The van der Waals surface area contributed by atoms with Gasteiger partial charge in [0, 0.05) is 24.6 Å². The highest BCUT2D eigenvalue weighted by atomic mass is 35.5. The molecular weight excluding hydrogens is 703 g/mol. The third-order valence-corrected chi connectivity index (χ3v) is 11.5. The second kappa shape index (κ2) is 12.6. The van der Waals surface area contributed by atoms with Gasteiger partial charge in [0.2, 0.25) is 5.54 Å². The molecule has 2 aliphatic heterocycles. The molecule has 2 heterocycles. The average Bonchev–Trinajstić information content (AvgIpc) is 3.49. The number of aliphatic hydroxyl groups excluding tert-OH is 1. The van der Waals surface area contributed by atoms with Crippen LogP contribution in [0.3, 0.4) is 0 Å². The topological polar surface area (TPSA) is 131 Å². The zero-order chi connectivity index (χ0) is 37.2. The number of halogens is 4. The van der Waals surface area contributed by atoms with E-state index in [2.05, 4.69) is 10.1 Å². The molecule has 4 atom stereocenters. The van der Waals surface area contributed by atoms with Crippen LogP contribution in [0.4, 0.5) is 18.9 Å². The van der Waals surface area contributed by atoms with E-state index in [1.54, 1.807) is 25.2 Å². The maximum Gasteiger partial charge on any atom is 0.573 e. The van der Waals surface area contributed by atoms with Crippen molar-refractivity contribution in [1.29, 1.82) is 0 Å². The fraction of sp³-hybridized carbons (Fsp3) is 0.412. The predicted molar refractivity (Wildman–Crippen MR) is 178 cm³/mol. The van der Waals surface area contributed by atoms with Gasteiger partial charge in [0.15, 0.2) is 11.8 Å². The Morgan fingerprint density at radius 3 is 2.28 bits per heavy atom. The van der Waals surface area contributed by atoms with E-state index in [1.165, 1.54) is 39.5 Å². The first kappa shape index (κ1) is 37.2. The van der Waals surface area contributed by atoms with Crippen LogP contribution in [0.2, 0.25) is 5.02 Å². The highest BCUT2D eigenvalue weighted by Crippen LogP contribution is 2.58. The van der Waals surface area contributed by atoms with Crippen molar-refractivity contribution in [2.75, 3.05) is 39.2 Å². The number of nitrogens with zero attached hydrogens (tertiary/aromatic N) is 2. The van der Waals surface area contributed by atoms with E-state index in [1.807, 2.05) is 20.8 Å². The maximum atomic E-state index is 15.7. The Labute approximate surface area is 293 Å². The number of likely N-dealkylation sites (tertiary alicyclic amines) is 1. The molecule has 1 saturated heterocycles. The van der Waals surface area contributed by atoms with Crippen LogP contribution in [0.15, 0.2) is 59.5 Å². The molecule has 2 amide bonds. The van der Waals surface area contributed by atoms with E-state index < -0.39 is 66.4 Å². The molecule has 3 aromatic rings. The number of quaternary nitrogens is 1. The molecule has 1 fully saturated rings. The largest absolute Gasteiger partial charge is 0.573 e. The van der Waals surface area contributed by atoms with E-state index >= 15 is 4.79 Å². The zero-order valence-electron chi connectivity index (χ0n) is 28.4. The molecular formula is C34H38ClF3N3O8S+. The molecule has 0 spiro atoms. The van der Waals surface area contributed by atoms with Crippen molar-refractivity contribution < 1.29 is 55.0 Å². The number of ether oxygens (including phenoxy) is 3. The molecule has 2 unspecified atom stereocenters. The lowest BCUT2D eigenvalue weighted by Crippen LogP contribution is -2.69. The number of sulfonamides is 1. The van der Waals surface area contributed by atoms with Crippen LogP contribution in [0.25, 0.3) is 0 Å². The Bertz CT molecular complexity index is 1970. The van der Waals surface area contributed by atoms with Gasteiger partial charge in [-0.3, -0.25) is 14.1 Å². The van der Waals surface area contributed by atoms with Crippen LogP contribution in [-0.4, -0.2) is 83.2 Å². The fourth-order valence-electron chi connectivity index (χ4n) is 7.24.